The van der Waals surface area contributed by atoms with Crippen molar-refractivity contribution in [2.45, 2.75) is 0 Å². The van der Waals surface area contributed by atoms with Crippen LogP contribution in [0, 0.1) is 0 Å². The Labute approximate surface area is 180 Å². The van der Waals surface area contributed by atoms with Gasteiger partial charge in [0.15, 0.2) is 0 Å². The molecule has 0 radical (unpaired) electrons. The highest BCUT2D eigenvalue weighted by Crippen LogP contribution is 2.32. The molecule has 0 aliphatic carbocycles. The van der Waals surface area contributed by atoms with Crippen LogP contribution in [0.5, 0.6) is 11.5 Å². The van der Waals surface area contributed by atoms with Gasteiger partial charge >= 0.3 is 0 Å². The second kappa shape index (κ2) is 9.00. The number of aromatic nitrogens is 4. The number of hydrogen-bond donors (Lipinski definition) is 2. The molecular formula is C21H25N7O3. The third kappa shape index (κ3) is 4.58. The molecule has 4 rings (SSSR count). The zero-order chi connectivity index (χ0) is 21.8. The van der Waals surface area contributed by atoms with Gasteiger partial charge in [-0.15, -0.1) is 0 Å². The number of anilines is 2. The van der Waals surface area contributed by atoms with Crippen LogP contribution >= 0.6 is 0 Å². The number of hydrogen-bond acceptors (Lipinski definition) is 8. The first-order valence-electron chi connectivity index (χ1n) is 9.92. The van der Waals surface area contributed by atoms with Gasteiger partial charge in [-0.1, -0.05) is 0 Å². The lowest BCUT2D eigenvalue weighted by molar-refractivity contribution is 0.102. The summed E-state index contributed by atoms with van der Waals surface area (Å²) < 4.78 is 10.7. The van der Waals surface area contributed by atoms with Gasteiger partial charge < -0.3 is 24.6 Å². The molecule has 2 aromatic heterocycles. The molecular weight excluding hydrogens is 398 g/mol. The Morgan fingerprint density at radius 1 is 1.06 bits per heavy atom. The summed E-state index contributed by atoms with van der Waals surface area (Å²) in [6, 6.07) is 8.85. The van der Waals surface area contributed by atoms with Crippen molar-refractivity contribution < 1.29 is 14.3 Å². The predicted molar refractivity (Wildman–Crippen MR) is 117 cm³/mol. The number of nitrogens with zero attached hydrogens (tertiary/aromatic N) is 5. The highest BCUT2D eigenvalue weighted by atomic mass is 16.5. The van der Waals surface area contributed by atoms with Crippen LogP contribution in [0.2, 0.25) is 0 Å². The van der Waals surface area contributed by atoms with E-state index < -0.39 is 0 Å². The van der Waals surface area contributed by atoms with E-state index in [1.54, 1.807) is 38.5 Å². The van der Waals surface area contributed by atoms with Gasteiger partial charge in [-0.05, 0) is 31.3 Å². The quantitative estimate of drug-likeness (QED) is 0.619. The number of rotatable bonds is 6. The molecule has 1 aromatic carbocycles. The molecule has 1 saturated heterocycles. The maximum atomic E-state index is 12.7. The van der Waals surface area contributed by atoms with Crippen LogP contribution in [0.3, 0.4) is 0 Å². The monoisotopic (exact) mass is 423 g/mol. The van der Waals surface area contributed by atoms with Gasteiger partial charge in [0.1, 0.15) is 35.2 Å². The zero-order valence-corrected chi connectivity index (χ0v) is 17.8. The first-order valence-corrected chi connectivity index (χ1v) is 9.92. The van der Waals surface area contributed by atoms with Crippen molar-refractivity contribution in [3.63, 3.8) is 0 Å². The second-order valence-corrected chi connectivity index (χ2v) is 7.24. The van der Waals surface area contributed by atoms with Gasteiger partial charge in [0.2, 0.25) is 0 Å². The number of amides is 1. The Hall–Kier alpha value is -3.66. The van der Waals surface area contributed by atoms with Gasteiger partial charge in [-0.25, -0.2) is 9.97 Å². The minimum atomic E-state index is -0.344. The average molecular weight is 423 g/mol. The molecule has 1 fully saturated rings. The second-order valence-electron chi connectivity index (χ2n) is 7.24. The molecule has 3 aromatic rings. The van der Waals surface area contributed by atoms with Crippen molar-refractivity contribution in [2.75, 3.05) is 57.7 Å². The Balaban J connectivity index is 1.50. The first-order chi connectivity index (χ1) is 15.1. The summed E-state index contributed by atoms with van der Waals surface area (Å²) in [5.41, 5.74) is 1.60. The molecule has 1 amide bonds. The third-order valence-corrected chi connectivity index (χ3v) is 5.23. The molecule has 10 heteroatoms. The summed E-state index contributed by atoms with van der Waals surface area (Å²) in [7, 11) is 5.27. The average Bonchev–Trinajstić information content (AvgIpc) is 3.30. The molecule has 0 saturated carbocycles. The minimum absolute atomic E-state index is 0.305. The summed E-state index contributed by atoms with van der Waals surface area (Å²) in [5, 5.41) is 9.85. The van der Waals surface area contributed by atoms with E-state index >= 15 is 0 Å². The van der Waals surface area contributed by atoms with Crippen molar-refractivity contribution in [1.29, 1.82) is 0 Å². The van der Waals surface area contributed by atoms with Crippen LogP contribution in [0.4, 0.5) is 11.6 Å². The number of carbonyl (C=O) groups excluding carboxylic acids is 1. The van der Waals surface area contributed by atoms with Gasteiger partial charge in [0.25, 0.3) is 5.91 Å². The summed E-state index contributed by atoms with van der Waals surface area (Å²) in [4.78, 5) is 25.7. The molecule has 162 valence electrons. The molecule has 10 nitrogen and oxygen atoms in total. The first kappa shape index (κ1) is 20.6. The number of carbonyl (C=O) groups is 1. The highest BCUT2D eigenvalue weighted by Gasteiger charge is 2.18. The third-order valence-electron chi connectivity index (χ3n) is 5.23. The normalized spacial score (nSPS) is 14.4. The lowest BCUT2D eigenvalue weighted by Gasteiger charge is -2.33. The summed E-state index contributed by atoms with van der Waals surface area (Å²) in [5.74, 6) is 2.19. The standard InChI is InChI=1S/C21H25N7O3/c1-27-6-8-28(9-7-27)20-12-19(22-13-23-20)24-21(29)17-11-16(25-26-17)15-10-14(30-2)4-5-18(15)31-3/h4-5,10-13H,6-9H2,1-3H3,(H,25,26)(H,22,23,24,29). The minimum Gasteiger partial charge on any atom is -0.497 e. The van der Waals surface area contributed by atoms with Gasteiger partial charge in [-0.2, -0.15) is 5.10 Å². The van der Waals surface area contributed by atoms with Crippen LogP contribution in [-0.4, -0.2) is 78.4 Å². The Kier molecular flexibility index (Phi) is 5.99. The van der Waals surface area contributed by atoms with Crippen molar-refractivity contribution in [3.05, 3.63) is 42.4 Å². The number of aromatic amines is 1. The fraction of sp³-hybridized carbons (Fsp3) is 0.333. The molecule has 0 bridgehead atoms. The van der Waals surface area contributed by atoms with Crippen LogP contribution in [0.25, 0.3) is 11.3 Å². The van der Waals surface area contributed by atoms with E-state index in [4.69, 9.17) is 9.47 Å². The molecule has 0 atom stereocenters. The maximum Gasteiger partial charge on any atom is 0.274 e. The van der Waals surface area contributed by atoms with E-state index in [1.807, 2.05) is 6.07 Å². The van der Waals surface area contributed by atoms with Crippen molar-refractivity contribution in [2.24, 2.45) is 0 Å². The SMILES string of the molecule is COc1ccc(OC)c(-c2cc(C(=O)Nc3cc(N4CCN(C)CC4)ncn3)[nH]n2)c1. The molecule has 1 aliphatic heterocycles. The number of likely N-dealkylation sites (N-methyl/N-ethyl adjacent to an activating group) is 1. The Morgan fingerprint density at radius 2 is 1.87 bits per heavy atom. The zero-order valence-electron chi connectivity index (χ0n) is 17.8. The number of H-pyrrole nitrogens is 1. The van der Waals surface area contributed by atoms with Crippen LogP contribution < -0.4 is 19.7 Å². The highest BCUT2D eigenvalue weighted by molar-refractivity contribution is 6.03. The van der Waals surface area contributed by atoms with Gasteiger partial charge in [-0.3, -0.25) is 9.89 Å². The molecule has 1 aliphatic rings. The van der Waals surface area contributed by atoms with Gasteiger partial charge in [0.05, 0.1) is 19.9 Å². The van der Waals surface area contributed by atoms with E-state index in [1.165, 1.54) is 6.33 Å². The molecule has 0 unspecified atom stereocenters. The van der Waals surface area contributed by atoms with Gasteiger partial charge in [0, 0.05) is 37.8 Å². The molecule has 0 spiro atoms. The number of nitrogens with one attached hydrogen (secondary N) is 2. The van der Waals surface area contributed by atoms with Crippen molar-refractivity contribution >= 4 is 17.5 Å². The Bertz CT molecular complexity index is 1060. The van der Waals surface area contributed by atoms with Crippen LogP contribution in [-0.2, 0) is 0 Å². The fourth-order valence-electron chi connectivity index (χ4n) is 3.40. The molecule has 2 N–H and O–H groups in total. The number of benzene rings is 1. The van der Waals surface area contributed by atoms with E-state index in [-0.39, 0.29) is 5.91 Å². The smallest absolute Gasteiger partial charge is 0.274 e. The number of ether oxygens (including phenoxy) is 2. The summed E-state index contributed by atoms with van der Waals surface area (Å²) >= 11 is 0. The van der Waals surface area contributed by atoms with Crippen LogP contribution in [0.15, 0.2) is 36.7 Å². The number of methoxy groups -OCH3 is 2. The van der Waals surface area contributed by atoms with E-state index in [9.17, 15) is 4.79 Å². The predicted octanol–water partition coefficient (Wildman–Crippen LogP) is 1.89. The van der Waals surface area contributed by atoms with Crippen LogP contribution in [0.1, 0.15) is 10.5 Å². The summed E-state index contributed by atoms with van der Waals surface area (Å²) in [6.45, 7) is 3.70. The van der Waals surface area contributed by atoms with Crippen molar-refractivity contribution in [3.8, 4) is 22.8 Å². The molecule has 31 heavy (non-hydrogen) atoms. The lowest BCUT2D eigenvalue weighted by atomic mass is 10.1. The fourth-order valence-corrected chi connectivity index (χ4v) is 3.40. The molecule has 3 heterocycles. The summed E-state index contributed by atoms with van der Waals surface area (Å²) in [6.07, 6.45) is 1.46. The largest absolute Gasteiger partial charge is 0.497 e. The van der Waals surface area contributed by atoms with E-state index in [0.717, 1.165) is 37.6 Å². The van der Waals surface area contributed by atoms with E-state index in [2.05, 4.69) is 42.3 Å². The van der Waals surface area contributed by atoms with Crippen molar-refractivity contribution in [1.82, 2.24) is 25.1 Å². The Morgan fingerprint density at radius 3 is 2.61 bits per heavy atom. The maximum absolute atomic E-state index is 12.7. The topological polar surface area (TPSA) is 109 Å². The van der Waals surface area contributed by atoms with E-state index in [0.29, 0.717) is 28.7 Å². The lowest BCUT2D eigenvalue weighted by Crippen LogP contribution is -2.44. The number of piperazine rings is 1.